The van der Waals surface area contributed by atoms with Crippen LogP contribution in [0, 0.1) is 5.92 Å². The van der Waals surface area contributed by atoms with Crippen molar-refractivity contribution in [1.29, 1.82) is 0 Å². The van der Waals surface area contributed by atoms with Gasteiger partial charge in [0.25, 0.3) is 0 Å². The first-order chi connectivity index (χ1) is 8.26. The van der Waals surface area contributed by atoms with Crippen LogP contribution in [0.25, 0.3) is 0 Å². The fourth-order valence-corrected chi connectivity index (χ4v) is 2.98. The smallest absolute Gasteiger partial charge is 0.312 e. The van der Waals surface area contributed by atoms with E-state index in [1.54, 1.807) is 0 Å². The third-order valence-electron chi connectivity index (χ3n) is 2.94. The number of halogens is 2. The van der Waals surface area contributed by atoms with Gasteiger partial charge in [-0.25, -0.2) is 10.0 Å². The quantitative estimate of drug-likeness (QED) is 0.653. The van der Waals surface area contributed by atoms with Crippen LogP contribution in [-0.4, -0.2) is 47.8 Å². The molecule has 6 heteroatoms. The first-order valence-corrected chi connectivity index (χ1v) is 7.60. The summed E-state index contributed by atoms with van der Waals surface area (Å²) in [7, 11) is 0. The van der Waals surface area contributed by atoms with Gasteiger partial charge in [-0.1, -0.05) is 31.9 Å². The lowest BCUT2D eigenvalue weighted by atomic mass is 10.1. The molecular weight excluding hydrogens is 364 g/mol. The predicted octanol–water partition coefficient (Wildman–Crippen LogP) is 2.49. The van der Waals surface area contributed by atoms with Crippen LogP contribution < -0.4 is 0 Å². The number of carbonyl (C=O) groups excluding carboxylic acids is 1. The number of nitrogens with zero attached hydrogens (tertiary/aromatic N) is 2. The van der Waals surface area contributed by atoms with Crippen LogP contribution >= 0.6 is 31.9 Å². The molecule has 2 aliphatic heterocycles. The number of carbonyl (C=O) groups is 1. The Morgan fingerprint density at radius 1 is 1.17 bits per heavy atom. The zero-order valence-electron chi connectivity index (χ0n) is 10.9. The zero-order valence-corrected chi connectivity index (χ0v) is 14.0. The van der Waals surface area contributed by atoms with Crippen LogP contribution in [0.4, 0.5) is 0 Å². The molecule has 102 valence electrons. The van der Waals surface area contributed by atoms with Gasteiger partial charge in [0.05, 0.1) is 5.92 Å². The van der Waals surface area contributed by atoms with Gasteiger partial charge in [-0.05, 0) is 20.8 Å². The summed E-state index contributed by atoms with van der Waals surface area (Å²) >= 11 is 7.09. The highest BCUT2D eigenvalue weighted by Crippen LogP contribution is 2.31. The molecule has 0 radical (unpaired) electrons. The van der Waals surface area contributed by atoms with Crippen molar-refractivity contribution >= 4 is 37.8 Å². The molecule has 0 aromatic rings. The molecule has 0 unspecified atom stereocenters. The van der Waals surface area contributed by atoms with Crippen LogP contribution in [0.3, 0.4) is 0 Å². The molecule has 4 nitrogen and oxygen atoms in total. The van der Waals surface area contributed by atoms with Gasteiger partial charge < -0.3 is 4.74 Å². The van der Waals surface area contributed by atoms with Crippen molar-refractivity contribution in [2.45, 2.75) is 26.4 Å². The molecule has 0 N–H and O–H groups in total. The number of hydrazine groups is 1. The number of hydrogen-bond donors (Lipinski definition) is 0. The van der Waals surface area contributed by atoms with Gasteiger partial charge >= 0.3 is 5.97 Å². The highest BCUT2D eigenvalue weighted by Gasteiger charge is 2.39. The fourth-order valence-electron chi connectivity index (χ4n) is 2.15. The summed E-state index contributed by atoms with van der Waals surface area (Å²) in [6.07, 6.45) is 0. The van der Waals surface area contributed by atoms with Gasteiger partial charge in [0.1, 0.15) is 5.60 Å². The Morgan fingerprint density at radius 2 is 1.61 bits per heavy atom. The van der Waals surface area contributed by atoms with E-state index in [2.05, 4.69) is 41.9 Å². The molecule has 2 aliphatic rings. The van der Waals surface area contributed by atoms with Gasteiger partial charge in [0.2, 0.25) is 0 Å². The van der Waals surface area contributed by atoms with Crippen LogP contribution in [-0.2, 0) is 9.53 Å². The van der Waals surface area contributed by atoms with E-state index in [9.17, 15) is 4.79 Å². The molecule has 2 rings (SSSR count). The van der Waals surface area contributed by atoms with Crippen LogP contribution in [0.15, 0.2) is 8.96 Å². The van der Waals surface area contributed by atoms with E-state index in [4.69, 9.17) is 4.74 Å². The second-order valence-corrected chi connectivity index (χ2v) is 7.65. The highest BCUT2D eigenvalue weighted by atomic mass is 79.9. The minimum Gasteiger partial charge on any atom is -0.460 e. The average molecular weight is 382 g/mol. The van der Waals surface area contributed by atoms with Crippen molar-refractivity contribution in [3.05, 3.63) is 8.96 Å². The Bertz CT molecular complexity index is 368. The van der Waals surface area contributed by atoms with Gasteiger partial charge in [-0.15, -0.1) is 0 Å². The first kappa shape index (κ1) is 14.5. The van der Waals surface area contributed by atoms with Crippen molar-refractivity contribution in [2.75, 3.05) is 26.2 Å². The lowest BCUT2D eigenvalue weighted by Gasteiger charge is -2.32. The molecule has 0 aliphatic carbocycles. The van der Waals surface area contributed by atoms with E-state index in [0.29, 0.717) is 0 Å². The molecule has 1 fully saturated rings. The lowest BCUT2D eigenvalue weighted by molar-refractivity contribution is -0.159. The number of hydrogen-bond acceptors (Lipinski definition) is 4. The van der Waals surface area contributed by atoms with E-state index in [-0.39, 0.29) is 11.9 Å². The van der Waals surface area contributed by atoms with E-state index in [0.717, 1.165) is 35.1 Å². The monoisotopic (exact) mass is 380 g/mol. The number of rotatable bonds is 1. The summed E-state index contributed by atoms with van der Waals surface area (Å²) in [5, 5.41) is 4.40. The summed E-state index contributed by atoms with van der Waals surface area (Å²) in [4.78, 5) is 12.1. The van der Waals surface area contributed by atoms with Gasteiger partial charge in [-0.3, -0.25) is 4.79 Å². The summed E-state index contributed by atoms with van der Waals surface area (Å²) in [5.41, 5.74) is -0.408. The van der Waals surface area contributed by atoms with Crippen molar-refractivity contribution in [3.8, 4) is 0 Å². The molecule has 0 saturated carbocycles. The minimum absolute atomic E-state index is 0.0528. The number of ether oxygens (including phenoxy) is 1. The second kappa shape index (κ2) is 5.23. The zero-order chi connectivity index (χ0) is 13.5. The molecule has 1 saturated heterocycles. The van der Waals surface area contributed by atoms with Crippen molar-refractivity contribution in [1.82, 2.24) is 10.0 Å². The first-order valence-electron chi connectivity index (χ1n) is 6.02. The van der Waals surface area contributed by atoms with Gasteiger partial charge in [0.15, 0.2) is 0 Å². The van der Waals surface area contributed by atoms with Crippen LogP contribution in [0.5, 0.6) is 0 Å². The van der Waals surface area contributed by atoms with Crippen LogP contribution in [0.2, 0.25) is 0 Å². The fraction of sp³-hybridized carbons (Fsp3) is 0.750. The Morgan fingerprint density at radius 3 is 2.00 bits per heavy atom. The molecule has 0 spiro atoms. The second-order valence-electron chi connectivity index (χ2n) is 5.73. The van der Waals surface area contributed by atoms with Crippen molar-refractivity contribution < 1.29 is 9.53 Å². The Hall–Kier alpha value is 0.0900. The third kappa shape index (κ3) is 3.35. The number of fused-ring (bicyclic) bond motifs is 1. The Labute approximate surface area is 125 Å². The summed E-state index contributed by atoms with van der Waals surface area (Å²) in [6.45, 7) is 8.83. The number of esters is 1. The van der Waals surface area contributed by atoms with E-state index in [1.165, 1.54) is 0 Å². The predicted molar refractivity (Wildman–Crippen MR) is 77.4 cm³/mol. The molecule has 0 aromatic heterocycles. The topological polar surface area (TPSA) is 32.8 Å². The van der Waals surface area contributed by atoms with Crippen molar-refractivity contribution in [3.63, 3.8) is 0 Å². The van der Waals surface area contributed by atoms with E-state index in [1.807, 2.05) is 20.8 Å². The van der Waals surface area contributed by atoms with E-state index < -0.39 is 5.60 Å². The maximum absolute atomic E-state index is 12.1. The minimum atomic E-state index is -0.408. The lowest BCUT2D eigenvalue weighted by Crippen LogP contribution is -2.41. The van der Waals surface area contributed by atoms with Crippen LogP contribution in [0.1, 0.15) is 20.8 Å². The maximum Gasteiger partial charge on any atom is 0.312 e. The molecule has 0 bridgehead atoms. The summed E-state index contributed by atoms with van der Waals surface area (Å²) < 4.78 is 7.76. The molecule has 0 amide bonds. The molecule has 0 aromatic carbocycles. The third-order valence-corrected chi connectivity index (χ3v) is 4.93. The van der Waals surface area contributed by atoms with Gasteiger partial charge in [0, 0.05) is 35.1 Å². The largest absolute Gasteiger partial charge is 0.460 e. The maximum atomic E-state index is 12.1. The summed E-state index contributed by atoms with van der Waals surface area (Å²) in [6, 6.07) is 0. The molecular formula is C12H18Br2N2O2. The Kier molecular flexibility index (Phi) is 4.21. The molecule has 2 heterocycles. The van der Waals surface area contributed by atoms with Crippen molar-refractivity contribution in [2.24, 2.45) is 5.92 Å². The molecule has 0 atom stereocenters. The SMILES string of the molecule is CC(C)(C)OC(=O)C1CN2CC(Br)=C(Br)CN2C1. The van der Waals surface area contributed by atoms with Gasteiger partial charge in [-0.2, -0.15) is 0 Å². The standard InChI is InChI=1S/C12H18Br2N2O2/c1-12(2,3)18-11(17)8-4-15-6-9(13)10(14)7-16(15)5-8/h8H,4-7H2,1-3H3. The molecule has 18 heavy (non-hydrogen) atoms. The Balaban J connectivity index is 1.96. The average Bonchev–Trinajstić information content (AvgIpc) is 2.59. The highest BCUT2D eigenvalue weighted by molar-refractivity contribution is 9.14. The summed E-state index contributed by atoms with van der Waals surface area (Å²) in [5.74, 6) is -0.146. The normalized spacial score (nSPS) is 23.4. The van der Waals surface area contributed by atoms with E-state index >= 15 is 0 Å².